The van der Waals surface area contributed by atoms with Crippen LogP contribution in [0.2, 0.25) is 0 Å². The van der Waals surface area contributed by atoms with Gasteiger partial charge in [-0.25, -0.2) is 0 Å². The summed E-state index contributed by atoms with van der Waals surface area (Å²) >= 11 is 0. The Morgan fingerprint density at radius 2 is 1.70 bits per heavy atom. The van der Waals surface area contributed by atoms with Crippen molar-refractivity contribution in [3.05, 3.63) is 70.8 Å². The number of aromatic nitrogens is 2. The lowest BCUT2D eigenvalue weighted by molar-refractivity contribution is 0.186. The third-order valence-corrected chi connectivity index (χ3v) is 3.21. The molecule has 0 aliphatic rings. The molecule has 0 saturated carbocycles. The number of hydrogen-bond acceptors (Lipinski definition) is 3. The number of hydrogen-bond donors (Lipinski definition) is 1. The maximum absolute atomic E-state index is 12.1. The van der Waals surface area contributed by atoms with Crippen molar-refractivity contribution in [1.29, 1.82) is 0 Å². The maximum atomic E-state index is 12.1. The van der Waals surface area contributed by atoms with Crippen molar-refractivity contribution in [2.45, 2.75) is 13.0 Å². The van der Waals surface area contributed by atoms with Crippen LogP contribution in [0.3, 0.4) is 0 Å². The predicted octanol–water partition coefficient (Wildman–Crippen LogP) is 2.44. The van der Waals surface area contributed by atoms with Crippen molar-refractivity contribution in [2.24, 2.45) is 0 Å². The fourth-order valence-corrected chi connectivity index (χ4v) is 2.32. The smallest absolute Gasteiger partial charge is 0.280 e. The molecule has 0 amide bonds. The third-order valence-electron chi connectivity index (χ3n) is 3.21. The first-order valence-corrected chi connectivity index (χ1v) is 6.43. The molecule has 2 aromatic carbocycles. The third kappa shape index (κ3) is 2.00. The number of aliphatic hydroxyl groups is 1. The summed E-state index contributed by atoms with van der Waals surface area (Å²) in [5.41, 5.74) is 1.30. The van der Waals surface area contributed by atoms with Gasteiger partial charge in [-0.15, -0.1) is 0 Å². The summed E-state index contributed by atoms with van der Waals surface area (Å²) in [6.45, 7) is 1.61. The van der Waals surface area contributed by atoms with Crippen LogP contribution in [0.15, 0.2) is 59.4 Å². The first kappa shape index (κ1) is 12.6. The summed E-state index contributed by atoms with van der Waals surface area (Å²) < 4.78 is 1.82. The lowest BCUT2D eigenvalue weighted by Crippen LogP contribution is -2.19. The van der Waals surface area contributed by atoms with Gasteiger partial charge in [0.15, 0.2) is 0 Å². The van der Waals surface area contributed by atoms with Crippen molar-refractivity contribution < 1.29 is 5.11 Å². The highest BCUT2D eigenvalue weighted by molar-refractivity contribution is 5.80. The molecule has 20 heavy (non-hydrogen) atoms. The molecule has 1 heterocycles. The van der Waals surface area contributed by atoms with E-state index in [1.54, 1.807) is 13.0 Å². The summed E-state index contributed by atoms with van der Waals surface area (Å²) in [6, 6.07) is 16.9. The Balaban J connectivity index is 2.47. The Labute approximate surface area is 116 Å². The van der Waals surface area contributed by atoms with Crippen LogP contribution in [0.1, 0.15) is 18.9 Å². The van der Waals surface area contributed by atoms with Crippen molar-refractivity contribution in [3.8, 4) is 5.69 Å². The molecule has 3 aromatic rings. The number of para-hydroxylation sites is 2. The molecule has 0 aliphatic heterocycles. The molecule has 0 spiro atoms. The lowest BCUT2D eigenvalue weighted by Gasteiger charge is -2.17. The number of aliphatic hydroxyl groups excluding tert-OH is 1. The Bertz CT molecular complexity index is 808. The normalized spacial score (nSPS) is 12.5. The van der Waals surface area contributed by atoms with E-state index >= 15 is 0 Å². The number of nitrogens with zero attached hydrogens (tertiary/aromatic N) is 2. The second-order valence-corrected chi connectivity index (χ2v) is 4.64. The molecule has 0 bridgehead atoms. The largest absolute Gasteiger partial charge is 0.385 e. The second kappa shape index (κ2) is 4.90. The van der Waals surface area contributed by atoms with Crippen molar-refractivity contribution in [1.82, 2.24) is 9.55 Å². The minimum atomic E-state index is -0.826. The standard InChI is InChI=1S/C16H14N2O2/c1-11(19)15-17-16(20)13-9-5-6-10-14(13)18(15)12-7-3-2-4-8-12/h2-11,19H,1H3. The molecule has 3 rings (SSSR count). The van der Waals surface area contributed by atoms with Gasteiger partial charge in [0.05, 0.1) is 10.9 Å². The molecule has 0 radical (unpaired) electrons. The van der Waals surface area contributed by atoms with E-state index in [-0.39, 0.29) is 5.56 Å². The van der Waals surface area contributed by atoms with Crippen LogP contribution in [-0.4, -0.2) is 14.7 Å². The van der Waals surface area contributed by atoms with Crippen LogP contribution >= 0.6 is 0 Å². The van der Waals surface area contributed by atoms with E-state index < -0.39 is 6.10 Å². The van der Waals surface area contributed by atoms with Gasteiger partial charge >= 0.3 is 0 Å². The quantitative estimate of drug-likeness (QED) is 0.775. The monoisotopic (exact) mass is 266 g/mol. The van der Waals surface area contributed by atoms with Gasteiger partial charge in [-0.05, 0) is 31.2 Å². The Hall–Kier alpha value is -2.46. The van der Waals surface area contributed by atoms with E-state index in [1.165, 1.54) is 0 Å². The molecule has 1 aromatic heterocycles. The van der Waals surface area contributed by atoms with Crippen LogP contribution in [0, 0.1) is 0 Å². The van der Waals surface area contributed by atoms with Crippen LogP contribution in [0.4, 0.5) is 0 Å². The maximum Gasteiger partial charge on any atom is 0.280 e. The van der Waals surface area contributed by atoms with E-state index in [0.717, 1.165) is 11.2 Å². The molecular formula is C16H14N2O2. The van der Waals surface area contributed by atoms with Gasteiger partial charge in [-0.3, -0.25) is 9.36 Å². The molecule has 0 aliphatic carbocycles. The van der Waals surface area contributed by atoms with Gasteiger partial charge in [0.25, 0.3) is 5.56 Å². The van der Waals surface area contributed by atoms with Crippen LogP contribution in [0.25, 0.3) is 16.6 Å². The Morgan fingerprint density at radius 3 is 2.40 bits per heavy atom. The summed E-state index contributed by atoms with van der Waals surface area (Å²) in [5, 5.41) is 10.5. The zero-order valence-corrected chi connectivity index (χ0v) is 11.0. The van der Waals surface area contributed by atoms with Gasteiger partial charge in [0.2, 0.25) is 0 Å². The second-order valence-electron chi connectivity index (χ2n) is 4.64. The SMILES string of the molecule is CC(O)c1nc(=O)c2ccccc2n1-c1ccccc1. The number of benzene rings is 2. The van der Waals surface area contributed by atoms with Crippen molar-refractivity contribution >= 4 is 10.9 Å². The average molecular weight is 266 g/mol. The molecule has 0 fully saturated rings. The van der Waals surface area contributed by atoms with Gasteiger partial charge in [0.1, 0.15) is 11.9 Å². The number of rotatable bonds is 2. The van der Waals surface area contributed by atoms with Gasteiger partial charge in [-0.1, -0.05) is 30.3 Å². The van der Waals surface area contributed by atoms with E-state index in [2.05, 4.69) is 4.98 Å². The topological polar surface area (TPSA) is 55.1 Å². The zero-order chi connectivity index (χ0) is 14.1. The minimum Gasteiger partial charge on any atom is -0.385 e. The highest BCUT2D eigenvalue weighted by atomic mass is 16.3. The average Bonchev–Trinajstić information content (AvgIpc) is 2.48. The summed E-state index contributed by atoms with van der Waals surface area (Å²) in [6.07, 6.45) is -0.826. The van der Waals surface area contributed by atoms with Gasteiger partial charge < -0.3 is 5.11 Å². The first-order chi connectivity index (χ1) is 9.68. The molecule has 1 unspecified atom stereocenters. The van der Waals surface area contributed by atoms with Crippen LogP contribution in [0.5, 0.6) is 0 Å². The van der Waals surface area contributed by atoms with Crippen LogP contribution < -0.4 is 5.56 Å². The van der Waals surface area contributed by atoms with Crippen LogP contribution in [-0.2, 0) is 0 Å². The van der Waals surface area contributed by atoms with Gasteiger partial charge in [0, 0.05) is 5.69 Å². The Morgan fingerprint density at radius 1 is 1.05 bits per heavy atom. The molecule has 4 nitrogen and oxygen atoms in total. The molecule has 1 atom stereocenters. The van der Waals surface area contributed by atoms with E-state index in [9.17, 15) is 9.90 Å². The Kier molecular flexibility index (Phi) is 3.08. The zero-order valence-electron chi connectivity index (χ0n) is 11.0. The molecule has 4 heteroatoms. The predicted molar refractivity (Wildman–Crippen MR) is 78.0 cm³/mol. The minimum absolute atomic E-state index is 0.316. The summed E-state index contributed by atoms with van der Waals surface area (Å²) in [5.74, 6) is 0.347. The highest BCUT2D eigenvalue weighted by Crippen LogP contribution is 2.21. The van der Waals surface area contributed by atoms with E-state index in [1.807, 2.05) is 53.1 Å². The van der Waals surface area contributed by atoms with Crippen molar-refractivity contribution in [3.63, 3.8) is 0 Å². The number of fused-ring (bicyclic) bond motifs is 1. The molecule has 0 saturated heterocycles. The fourth-order valence-electron chi connectivity index (χ4n) is 2.32. The summed E-state index contributed by atoms with van der Waals surface area (Å²) in [4.78, 5) is 16.1. The molecule has 1 N–H and O–H groups in total. The van der Waals surface area contributed by atoms with Crippen molar-refractivity contribution in [2.75, 3.05) is 0 Å². The first-order valence-electron chi connectivity index (χ1n) is 6.43. The lowest BCUT2D eigenvalue weighted by atomic mass is 10.2. The van der Waals surface area contributed by atoms with E-state index in [0.29, 0.717) is 11.2 Å². The molecule has 100 valence electrons. The molecular weight excluding hydrogens is 252 g/mol. The van der Waals surface area contributed by atoms with E-state index in [4.69, 9.17) is 0 Å². The fraction of sp³-hybridized carbons (Fsp3) is 0.125. The summed E-state index contributed by atoms with van der Waals surface area (Å²) in [7, 11) is 0. The highest BCUT2D eigenvalue weighted by Gasteiger charge is 2.15. The van der Waals surface area contributed by atoms with Gasteiger partial charge in [-0.2, -0.15) is 4.98 Å².